The molecule has 8 heavy (non-hydrogen) atoms. The molecule has 0 aliphatic carbocycles. The van der Waals surface area contributed by atoms with E-state index < -0.39 is 5.60 Å². The fraction of sp³-hybridized carbons (Fsp3) is 1.00. The maximum atomic E-state index is 9.09. The Bertz CT molecular complexity index is 54.0. The van der Waals surface area contributed by atoms with E-state index in [1.807, 2.05) is 27.7 Å². The van der Waals surface area contributed by atoms with Gasteiger partial charge in [0, 0.05) is 21.7 Å². The summed E-state index contributed by atoms with van der Waals surface area (Å²) in [5.41, 5.74) is -0.500. The van der Waals surface area contributed by atoms with Gasteiger partial charge < -0.3 is 5.11 Å². The van der Waals surface area contributed by atoms with Crippen LogP contribution in [0.3, 0.4) is 0 Å². The molecule has 0 saturated heterocycles. The van der Waals surface area contributed by atoms with E-state index in [1.54, 1.807) is 0 Å². The second kappa shape index (κ2) is 3.65. The molecule has 1 N–H and O–H groups in total. The molecule has 0 aliphatic heterocycles. The molecule has 2 heteroatoms. The maximum Gasteiger partial charge on any atom is 0.0614 e. The average molecular weight is 150 g/mol. The van der Waals surface area contributed by atoms with Gasteiger partial charge in [-0.2, -0.15) is 0 Å². The van der Waals surface area contributed by atoms with Crippen molar-refractivity contribution in [3.05, 3.63) is 0 Å². The molecule has 0 atom stereocenters. The first kappa shape index (κ1) is 11.5. The molecular formula is C6H14OTi. The van der Waals surface area contributed by atoms with Crippen molar-refractivity contribution in [3.8, 4) is 0 Å². The van der Waals surface area contributed by atoms with E-state index >= 15 is 0 Å². The van der Waals surface area contributed by atoms with Crippen LogP contribution >= 0.6 is 0 Å². The van der Waals surface area contributed by atoms with Crippen molar-refractivity contribution < 1.29 is 26.8 Å². The van der Waals surface area contributed by atoms with E-state index in [2.05, 4.69) is 0 Å². The van der Waals surface area contributed by atoms with Gasteiger partial charge in [-0.1, -0.05) is 13.8 Å². The van der Waals surface area contributed by atoms with E-state index in [0.717, 1.165) is 0 Å². The van der Waals surface area contributed by atoms with Crippen LogP contribution in [0.2, 0.25) is 0 Å². The minimum atomic E-state index is -0.500. The summed E-state index contributed by atoms with van der Waals surface area (Å²) in [6.07, 6.45) is 0. The van der Waals surface area contributed by atoms with Crippen molar-refractivity contribution >= 4 is 0 Å². The number of aliphatic hydroxyl groups is 1. The average Bonchev–Trinajstić information content (AvgIpc) is 1.31. The zero-order valence-electron chi connectivity index (χ0n) is 6.02. The van der Waals surface area contributed by atoms with E-state index in [1.165, 1.54) is 0 Å². The Labute approximate surface area is 66.4 Å². The summed E-state index contributed by atoms with van der Waals surface area (Å²) in [6, 6.07) is 0. The van der Waals surface area contributed by atoms with Crippen LogP contribution in [-0.4, -0.2) is 10.7 Å². The first-order valence-electron chi connectivity index (χ1n) is 2.67. The largest absolute Gasteiger partial charge is 0.390 e. The van der Waals surface area contributed by atoms with Crippen molar-refractivity contribution in [1.82, 2.24) is 0 Å². The van der Waals surface area contributed by atoms with Gasteiger partial charge in [-0.15, -0.1) is 0 Å². The van der Waals surface area contributed by atoms with Crippen LogP contribution in [0.1, 0.15) is 27.7 Å². The SMILES string of the molecule is CC(C)C(C)(C)O.[Ti]. The predicted molar refractivity (Wildman–Crippen MR) is 31.1 cm³/mol. The third-order valence-corrected chi connectivity index (χ3v) is 1.41. The van der Waals surface area contributed by atoms with Gasteiger partial charge in [-0.05, 0) is 19.8 Å². The van der Waals surface area contributed by atoms with Crippen LogP contribution in [0, 0.1) is 5.92 Å². The number of rotatable bonds is 1. The van der Waals surface area contributed by atoms with Crippen LogP contribution in [-0.2, 0) is 21.7 Å². The minimum absolute atomic E-state index is 0. The zero-order chi connectivity index (χ0) is 6.08. The van der Waals surface area contributed by atoms with Crippen molar-refractivity contribution in [2.75, 3.05) is 0 Å². The minimum Gasteiger partial charge on any atom is -0.390 e. The molecular weight excluding hydrogens is 136 g/mol. The molecule has 0 bridgehead atoms. The van der Waals surface area contributed by atoms with Gasteiger partial charge in [0.1, 0.15) is 0 Å². The second-order valence-electron chi connectivity index (χ2n) is 2.81. The Balaban J connectivity index is 0. The van der Waals surface area contributed by atoms with E-state index in [0.29, 0.717) is 5.92 Å². The van der Waals surface area contributed by atoms with Gasteiger partial charge in [-0.25, -0.2) is 0 Å². The molecule has 0 spiro atoms. The molecule has 48 valence electrons. The standard InChI is InChI=1S/C6H14O.Ti/c1-5(2)6(3,4)7;/h5,7H,1-4H3;. The molecule has 0 aromatic carbocycles. The molecule has 0 unspecified atom stereocenters. The summed E-state index contributed by atoms with van der Waals surface area (Å²) >= 11 is 0. The van der Waals surface area contributed by atoms with Crippen LogP contribution in [0.4, 0.5) is 0 Å². The van der Waals surface area contributed by atoms with Crippen LogP contribution in [0.25, 0.3) is 0 Å². The third kappa shape index (κ3) is 4.82. The van der Waals surface area contributed by atoms with Gasteiger partial charge in [0.05, 0.1) is 5.60 Å². The monoisotopic (exact) mass is 150 g/mol. The van der Waals surface area contributed by atoms with Gasteiger partial charge in [0.25, 0.3) is 0 Å². The molecule has 1 nitrogen and oxygen atoms in total. The van der Waals surface area contributed by atoms with E-state index in [-0.39, 0.29) is 21.7 Å². The summed E-state index contributed by atoms with van der Waals surface area (Å²) in [6.45, 7) is 7.63. The molecule has 0 rings (SSSR count). The Morgan fingerprint density at radius 1 is 1.25 bits per heavy atom. The maximum absolute atomic E-state index is 9.09. The van der Waals surface area contributed by atoms with Crippen LogP contribution in [0.5, 0.6) is 0 Å². The second-order valence-corrected chi connectivity index (χ2v) is 2.81. The Morgan fingerprint density at radius 2 is 1.38 bits per heavy atom. The van der Waals surface area contributed by atoms with Crippen molar-refractivity contribution in [1.29, 1.82) is 0 Å². The van der Waals surface area contributed by atoms with Crippen molar-refractivity contribution in [2.45, 2.75) is 33.3 Å². The zero-order valence-corrected chi connectivity index (χ0v) is 7.59. The van der Waals surface area contributed by atoms with Crippen molar-refractivity contribution in [2.24, 2.45) is 5.92 Å². The molecule has 0 radical (unpaired) electrons. The molecule has 0 saturated carbocycles. The van der Waals surface area contributed by atoms with Gasteiger partial charge >= 0.3 is 0 Å². The van der Waals surface area contributed by atoms with Gasteiger partial charge in [-0.3, -0.25) is 0 Å². The fourth-order valence-electron chi connectivity index (χ4n) is 0. The Kier molecular flexibility index (Phi) is 5.24. The first-order valence-corrected chi connectivity index (χ1v) is 2.67. The van der Waals surface area contributed by atoms with Gasteiger partial charge in [0.2, 0.25) is 0 Å². The predicted octanol–water partition coefficient (Wildman–Crippen LogP) is 1.41. The summed E-state index contributed by atoms with van der Waals surface area (Å²) in [7, 11) is 0. The number of hydrogen-bond acceptors (Lipinski definition) is 1. The fourth-order valence-corrected chi connectivity index (χ4v) is 0. The summed E-state index contributed by atoms with van der Waals surface area (Å²) in [5.74, 6) is 0.354. The summed E-state index contributed by atoms with van der Waals surface area (Å²) in [4.78, 5) is 0. The first-order chi connectivity index (χ1) is 2.94. The van der Waals surface area contributed by atoms with Crippen LogP contribution in [0.15, 0.2) is 0 Å². The Hall–Kier alpha value is 0.674. The smallest absolute Gasteiger partial charge is 0.0614 e. The molecule has 0 amide bonds. The third-order valence-electron chi connectivity index (χ3n) is 1.41. The topological polar surface area (TPSA) is 20.2 Å². The molecule has 0 heterocycles. The van der Waals surface area contributed by atoms with Crippen LogP contribution < -0.4 is 0 Å². The summed E-state index contributed by atoms with van der Waals surface area (Å²) < 4.78 is 0. The molecule has 0 fully saturated rings. The Morgan fingerprint density at radius 3 is 1.38 bits per heavy atom. The summed E-state index contributed by atoms with van der Waals surface area (Å²) in [5, 5.41) is 9.09. The normalized spacial score (nSPS) is 11.2. The molecule has 0 aromatic rings. The van der Waals surface area contributed by atoms with E-state index in [4.69, 9.17) is 5.11 Å². The number of hydrogen-bond donors (Lipinski definition) is 1. The van der Waals surface area contributed by atoms with Crippen molar-refractivity contribution in [3.63, 3.8) is 0 Å². The van der Waals surface area contributed by atoms with E-state index in [9.17, 15) is 0 Å². The quantitative estimate of drug-likeness (QED) is 0.560. The van der Waals surface area contributed by atoms with Gasteiger partial charge in [0.15, 0.2) is 0 Å². The molecule has 0 aliphatic rings. The molecule has 0 aromatic heterocycles.